The number of anilines is 1. The summed E-state index contributed by atoms with van der Waals surface area (Å²) in [6, 6.07) is 17.4. The van der Waals surface area contributed by atoms with Gasteiger partial charge in [-0.05, 0) is 35.7 Å². The van der Waals surface area contributed by atoms with Crippen LogP contribution in [0.1, 0.15) is 25.3 Å². The highest BCUT2D eigenvalue weighted by atomic mass is 32.2. The van der Waals surface area contributed by atoms with Crippen LogP contribution < -0.4 is 4.90 Å². The lowest BCUT2D eigenvalue weighted by Crippen LogP contribution is -2.48. The maximum Gasteiger partial charge on any atom is 0.243 e. The van der Waals surface area contributed by atoms with Crippen molar-refractivity contribution >= 4 is 15.7 Å². The maximum absolute atomic E-state index is 12.8. The summed E-state index contributed by atoms with van der Waals surface area (Å²) >= 11 is 0. The van der Waals surface area contributed by atoms with Gasteiger partial charge in [-0.3, -0.25) is 0 Å². The molecular formula is C19H24N2O2S. The average Bonchev–Trinajstić information content (AvgIpc) is 2.62. The van der Waals surface area contributed by atoms with Crippen LogP contribution in [0.3, 0.4) is 0 Å². The SMILES string of the molecule is CC(C)c1ccc(S(=O)(=O)N2CCN(c3ccccc3)CC2)cc1. The topological polar surface area (TPSA) is 40.6 Å². The van der Waals surface area contributed by atoms with E-state index in [4.69, 9.17) is 0 Å². The number of rotatable bonds is 4. The molecule has 0 N–H and O–H groups in total. The van der Waals surface area contributed by atoms with Crippen LogP contribution in [0.2, 0.25) is 0 Å². The van der Waals surface area contributed by atoms with Gasteiger partial charge in [0.1, 0.15) is 0 Å². The smallest absolute Gasteiger partial charge is 0.243 e. The summed E-state index contributed by atoms with van der Waals surface area (Å²) in [5.74, 6) is 0.399. The Morgan fingerprint density at radius 2 is 1.42 bits per heavy atom. The Labute approximate surface area is 144 Å². The first-order valence-electron chi connectivity index (χ1n) is 8.38. The third kappa shape index (κ3) is 3.47. The maximum atomic E-state index is 12.8. The van der Waals surface area contributed by atoms with Crippen molar-refractivity contribution in [3.05, 3.63) is 60.2 Å². The molecule has 0 spiro atoms. The lowest BCUT2D eigenvalue weighted by atomic mass is 10.0. The van der Waals surface area contributed by atoms with Crippen molar-refractivity contribution in [2.24, 2.45) is 0 Å². The van der Waals surface area contributed by atoms with E-state index in [0.717, 1.165) is 11.3 Å². The van der Waals surface area contributed by atoms with Gasteiger partial charge in [-0.2, -0.15) is 4.31 Å². The Bertz CT molecular complexity index is 763. The van der Waals surface area contributed by atoms with Crippen LogP contribution in [0.4, 0.5) is 5.69 Å². The fraction of sp³-hybridized carbons (Fsp3) is 0.368. The van der Waals surface area contributed by atoms with Gasteiger partial charge >= 0.3 is 0 Å². The first kappa shape index (κ1) is 17.0. The van der Waals surface area contributed by atoms with Gasteiger partial charge in [-0.25, -0.2) is 8.42 Å². The predicted octanol–water partition coefficient (Wildman–Crippen LogP) is 3.32. The molecule has 1 saturated heterocycles. The van der Waals surface area contributed by atoms with E-state index in [0.29, 0.717) is 37.0 Å². The van der Waals surface area contributed by atoms with Gasteiger partial charge in [0.25, 0.3) is 0 Å². The van der Waals surface area contributed by atoms with E-state index in [1.54, 1.807) is 16.4 Å². The lowest BCUT2D eigenvalue weighted by Gasteiger charge is -2.35. The molecule has 1 heterocycles. The molecule has 0 unspecified atom stereocenters. The van der Waals surface area contributed by atoms with Gasteiger partial charge in [0.15, 0.2) is 0 Å². The summed E-state index contributed by atoms with van der Waals surface area (Å²) in [6.07, 6.45) is 0. The van der Waals surface area contributed by atoms with Gasteiger partial charge in [-0.15, -0.1) is 0 Å². The second-order valence-electron chi connectivity index (χ2n) is 6.45. The Morgan fingerprint density at radius 1 is 0.833 bits per heavy atom. The minimum atomic E-state index is -3.40. The lowest BCUT2D eigenvalue weighted by molar-refractivity contribution is 0.385. The van der Waals surface area contributed by atoms with Crippen molar-refractivity contribution in [1.82, 2.24) is 4.31 Å². The Kier molecular flexibility index (Phi) is 4.92. The fourth-order valence-corrected chi connectivity index (χ4v) is 4.42. The Balaban J connectivity index is 1.70. The molecule has 0 aromatic heterocycles. The van der Waals surface area contributed by atoms with Gasteiger partial charge in [0.05, 0.1) is 4.90 Å². The minimum Gasteiger partial charge on any atom is -0.369 e. The van der Waals surface area contributed by atoms with E-state index in [1.165, 1.54) is 0 Å². The minimum absolute atomic E-state index is 0.389. The zero-order chi connectivity index (χ0) is 17.2. The molecule has 0 aliphatic carbocycles. The summed E-state index contributed by atoms with van der Waals surface area (Å²) in [5, 5.41) is 0. The van der Waals surface area contributed by atoms with Crippen molar-refractivity contribution in [3.63, 3.8) is 0 Å². The summed E-state index contributed by atoms with van der Waals surface area (Å²) in [4.78, 5) is 2.62. The fourth-order valence-electron chi connectivity index (χ4n) is 3.00. The molecule has 0 radical (unpaired) electrons. The van der Waals surface area contributed by atoms with E-state index in [1.807, 2.05) is 30.3 Å². The molecule has 2 aromatic rings. The van der Waals surface area contributed by atoms with Crippen molar-refractivity contribution in [2.45, 2.75) is 24.7 Å². The number of sulfonamides is 1. The molecule has 0 bridgehead atoms. The molecule has 0 atom stereocenters. The van der Waals surface area contributed by atoms with Gasteiger partial charge in [0, 0.05) is 31.9 Å². The predicted molar refractivity (Wildman–Crippen MR) is 97.9 cm³/mol. The molecular weight excluding hydrogens is 320 g/mol. The van der Waals surface area contributed by atoms with Gasteiger partial charge < -0.3 is 4.90 Å². The molecule has 24 heavy (non-hydrogen) atoms. The molecule has 1 aliphatic heterocycles. The second-order valence-corrected chi connectivity index (χ2v) is 8.39. The van der Waals surface area contributed by atoms with Crippen LogP contribution in [0.15, 0.2) is 59.5 Å². The van der Waals surface area contributed by atoms with Crippen LogP contribution in [0.25, 0.3) is 0 Å². The Hall–Kier alpha value is -1.85. The van der Waals surface area contributed by atoms with Gasteiger partial charge in [0.2, 0.25) is 10.0 Å². The van der Waals surface area contributed by atoms with E-state index in [-0.39, 0.29) is 0 Å². The van der Waals surface area contributed by atoms with Crippen molar-refractivity contribution in [3.8, 4) is 0 Å². The van der Waals surface area contributed by atoms with Crippen LogP contribution in [0.5, 0.6) is 0 Å². The van der Waals surface area contributed by atoms with Crippen molar-refractivity contribution in [1.29, 1.82) is 0 Å². The van der Waals surface area contributed by atoms with E-state index >= 15 is 0 Å². The molecule has 0 saturated carbocycles. The molecule has 5 heteroatoms. The number of nitrogens with zero attached hydrogens (tertiary/aromatic N) is 2. The van der Waals surface area contributed by atoms with E-state index in [9.17, 15) is 8.42 Å². The highest BCUT2D eigenvalue weighted by Crippen LogP contribution is 2.23. The number of piperazine rings is 1. The molecule has 1 aliphatic rings. The van der Waals surface area contributed by atoms with Crippen LogP contribution in [0, 0.1) is 0 Å². The highest BCUT2D eigenvalue weighted by Gasteiger charge is 2.28. The highest BCUT2D eigenvalue weighted by molar-refractivity contribution is 7.89. The summed E-state index contributed by atoms with van der Waals surface area (Å²) in [6.45, 7) is 6.67. The normalized spacial score (nSPS) is 16.5. The average molecular weight is 344 g/mol. The number of benzene rings is 2. The summed E-state index contributed by atoms with van der Waals surface area (Å²) < 4.78 is 27.2. The molecule has 1 fully saturated rings. The number of hydrogen-bond acceptors (Lipinski definition) is 3. The van der Waals surface area contributed by atoms with Crippen LogP contribution in [-0.4, -0.2) is 38.9 Å². The first-order valence-corrected chi connectivity index (χ1v) is 9.82. The van der Waals surface area contributed by atoms with Crippen LogP contribution >= 0.6 is 0 Å². The summed E-state index contributed by atoms with van der Waals surface area (Å²) in [5.41, 5.74) is 2.30. The third-order valence-electron chi connectivity index (χ3n) is 4.54. The molecule has 0 amide bonds. The molecule has 2 aromatic carbocycles. The van der Waals surface area contributed by atoms with E-state index in [2.05, 4.69) is 30.9 Å². The van der Waals surface area contributed by atoms with Crippen molar-refractivity contribution < 1.29 is 8.42 Å². The standard InChI is InChI=1S/C19H24N2O2S/c1-16(2)17-8-10-19(11-9-17)24(22,23)21-14-12-20(13-15-21)18-6-4-3-5-7-18/h3-11,16H,12-15H2,1-2H3. The number of para-hydroxylation sites is 1. The summed E-state index contributed by atoms with van der Waals surface area (Å²) in [7, 11) is -3.40. The van der Waals surface area contributed by atoms with Gasteiger partial charge in [-0.1, -0.05) is 44.2 Å². The second kappa shape index (κ2) is 6.95. The Morgan fingerprint density at radius 3 is 1.96 bits per heavy atom. The number of hydrogen-bond donors (Lipinski definition) is 0. The largest absolute Gasteiger partial charge is 0.369 e. The van der Waals surface area contributed by atoms with E-state index < -0.39 is 10.0 Å². The zero-order valence-corrected chi connectivity index (χ0v) is 15.0. The molecule has 3 rings (SSSR count). The quantitative estimate of drug-likeness (QED) is 0.854. The molecule has 4 nitrogen and oxygen atoms in total. The monoisotopic (exact) mass is 344 g/mol. The first-order chi connectivity index (χ1) is 11.5. The van der Waals surface area contributed by atoms with Crippen LogP contribution in [-0.2, 0) is 10.0 Å². The third-order valence-corrected chi connectivity index (χ3v) is 6.46. The van der Waals surface area contributed by atoms with Crippen molar-refractivity contribution in [2.75, 3.05) is 31.1 Å². The zero-order valence-electron chi connectivity index (χ0n) is 14.2. The molecule has 128 valence electrons.